The van der Waals surface area contributed by atoms with Crippen LogP contribution in [0.3, 0.4) is 0 Å². The normalized spacial score (nSPS) is 19.2. The second kappa shape index (κ2) is 5.23. The number of rotatable bonds is 3. The molecule has 1 aromatic rings. The molecule has 1 aliphatic rings. The minimum absolute atomic E-state index is 0.864. The largest absolute Gasteiger partial charge is 0.304 e. The van der Waals surface area contributed by atoms with Gasteiger partial charge in [0.25, 0.3) is 0 Å². The Kier molecular flexibility index (Phi) is 3.91. The fourth-order valence-corrected chi connectivity index (χ4v) is 2.62. The number of hydrogen-bond donors (Lipinski definition) is 1. The Balaban J connectivity index is 1.79. The van der Waals surface area contributed by atoms with Crippen LogP contribution in [0.5, 0.6) is 0 Å². The van der Waals surface area contributed by atoms with Gasteiger partial charge >= 0.3 is 0 Å². The van der Waals surface area contributed by atoms with Crippen molar-refractivity contribution in [2.75, 3.05) is 33.2 Å². The molecule has 0 bridgehead atoms. The third-order valence-corrected chi connectivity index (χ3v) is 4.10. The Morgan fingerprint density at radius 1 is 1.25 bits per heavy atom. The topological polar surface area (TPSA) is 31.4 Å². The highest BCUT2D eigenvalue weighted by molar-refractivity contribution is 7.11. The first-order chi connectivity index (χ1) is 7.65. The first-order valence-corrected chi connectivity index (χ1v) is 6.56. The number of likely N-dealkylation sites (N-methyl/N-ethyl adjacent to an activating group) is 1. The molecule has 2 rings (SSSR count). The predicted molar refractivity (Wildman–Crippen MR) is 67.5 cm³/mol. The Labute approximate surface area is 101 Å². The van der Waals surface area contributed by atoms with Crippen LogP contribution in [0, 0.1) is 13.8 Å². The van der Waals surface area contributed by atoms with Crippen molar-refractivity contribution in [3.63, 3.8) is 0 Å². The molecule has 4 nitrogen and oxygen atoms in total. The molecule has 1 N–H and O–H groups in total. The number of hydrazine groups is 1. The molecule has 90 valence electrons. The van der Waals surface area contributed by atoms with Crippen LogP contribution in [0.25, 0.3) is 0 Å². The van der Waals surface area contributed by atoms with Gasteiger partial charge in [-0.15, -0.1) is 11.3 Å². The summed E-state index contributed by atoms with van der Waals surface area (Å²) in [5, 5.41) is 3.49. The molecular weight excluding hydrogens is 220 g/mol. The number of aryl methyl sites for hydroxylation is 2. The monoisotopic (exact) mass is 240 g/mol. The highest BCUT2D eigenvalue weighted by Crippen LogP contribution is 2.16. The van der Waals surface area contributed by atoms with Gasteiger partial charge in [0.05, 0.1) is 12.2 Å². The molecular formula is C11H20N4S. The van der Waals surface area contributed by atoms with E-state index in [2.05, 4.69) is 41.2 Å². The van der Waals surface area contributed by atoms with E-state index in [1.165, 1.54) is 15.6 Å². The lowest BCUT2D eigenvalue weighted by Gasteiger charge is -2.32. The molecule has 1 saturated heterocycles. The van der Waals surface area contributed by atoms with Crippen molar-refractivity contribution < 1.29 is 0 Å². The highest BCUT2D eigenvalue weighted by Gasteiger charge is 2.13. The summed E-state index contributed by atoms with van der Waals surface area (Å²) in [6, 6.07) is 0. The average Bonchev–Trinajstić information content (AvgIpc) is 2.58. The summed E-state index contributed by atoms with van der Waals surface area (Å²) in [5.41, 5.74) is 4.62. The van der Waals surface area contributed by atoms with Crippen molar-refractivity contribution >= 4 is 11.3 Å². The molecule has 0 aliphatic carbocycles. The zero-order valence-corrected chi connectivity index (χ0v) is 11.1. The van der Waals surface area contributed by atoms with Gasteiger partial charge in [-0.3, -0.25) is 0 Å². The lowest BCUT2D eigenvalue weighted by Crippen LogP contribution is -2.50. The zero-order valence-electron chi connectivity index (χ0n) is 10.3. The molecule has 0 aromatic carbocycles. The smallest absolute Gasteiger partial charge is 0.108 e. The molecule has 0 radical (unpaired) electrons. The summed E-state index contributed by atoms with van der Waals surface area (Å²) in [7, 11) is 2.17. The average molecular weight is 240 g/mol. The number of hydrogen-bond acceptors (Lipinski definition) is 5. The Hall–Kier alpha value is -0.490. The first kappa shape index (κ1) is 12.0. The van der Waals surface area contributed by atoms with Crippen LogP contribution < -0.4 is 5.43 Å². The quantitative estimate of drug-likeness (QED) is 0.854. The lowest BCUT2D eigenvalue weighted by molar-refractivity contribution is 0.102. The van der Waals surface area contributed by atoms with Gasteiger partial charge in [-0.05, 0) is 20.9 Å². The van der Waals surface area contributed by atoms with Gasteiger partial charge in [0.2, 0.25) is 0 Å². The molecule has 0 amide bonds. The van der Waals surface area contributed by atoms with Gasteiger partial charge < -0.3 is 4.90 Å². The van der Waals surface area contributed by atoms with E-state index in [0.717, 1.165) is 32.7 Å². The van der Waals surface area contributed by atoms with E-state index in [4.69, 9.17) is 0 Å². The fourth-order valence-electron chi connectivity index (χ4n) is 1.76. The second-order valence-electron chi connectivity index (χ2n) is 4.37. The van der Waals surface area contributed by atoms with Crippen LogP contribution in [0.4, 0.5) is 0 Å². The van der Waals surface area contributed by atoms with Crippen LogP contribution in [-0.4, -0.2) is 48.1 Å². The summed E-state index contributed by atoms with van der Waals surface area (Å²) in [6.07, 6.45) is 0. The van der Waals surface area contributed by atoms with Gasteiger partial charge in [0, 0.05) is 31.1 Å². The van der Waals surface area contributed by atoms with Gasteiger partial charge in [-0.25, -0.2) is 15.4 Å². The van der Waals surface area contributed by atoms with Crippen molar-refractivity contribution in [2.45, 2.75) is 20.4 Å². The predicted octanol–water partition coefficient (Wildman–Crippen LogP) is 1.01. The Morgan fingerprint density at radius 2 is 1.94 bits per heavy atom. The number of piperazine rings is 1. The first-order valence-electron chi connectivity index (χ1n) is 5.75. The Bertz CT molecular complexity index is 322. The van der Waals surface area contributed by atoms with E-state index in [0.29, 0.717) is 0 Å². The standard InChI is InChI=1S/C11H20N4S/c1-9-10(2)16-11(13-9)8-12-15-6-4-14(3)5-7-15/h12H,4-8H2,1-3H3. The molecule has 1 aromatic heterocycles. The number of nitrogens with one attached hydrogen (secondary N) is 1. The van der Waals surface area contributed by atoms with Gasteiger partial charge in [-0.2, -0.15) is 0 Å². The molecule has 0 saturated carbocycles. The highest BCUT2D eigenvalue weighted by atomic mass is 32.1. The van der Waals surface area contributed by atoms with Gasteiger partial charge in [0.1, 0.15) is 5.01 Å². The van der Waals surface area contributed by atoms with Crippen molar-refractivity contribution in [3.05, 3.63) is 15.6 Å². The van der Waals surface area contributed by atoms with Crippen molar-refractivity contribution in [2.24, 2.45) is 0 Å². The Morgan fingerprint density at radius 3 is 2.50 bits per heavy atom. The molecule has 0 unspecified atom stereocenters. The maximum atomic E-state index is 4.53. The summed E-state index contributed by atoms with van der Waals surface area (Å²) < 4.78 is 0. The van der Waals surface area contributed by atoms with Crippen LogP contribution >= 0.6 is 11.3 Å². The summed E-state index contributed by atoms with van der Waals surface area (Å²) >= 11 is 1.79. The maximum absolute atomic E-state index is 4.53. The summed E-state index contributed by atoms with van der Waals surface area (Å²) in [5.74, 6) is 0. The van der Waals surface area contributed by atoms with E-state index in [-0.39, 0.29) is 0 Å². The molecule has 16 heavy (non-hydrogen) atoms. The lowest BCUT2D eigenvalue weighted by atomic mass is 10.4. The van der Waals surface area contributed by atoms with Crippen LogP contribution in [-0.2, 0) is 6.54 Å². The zero-order chi connectivity index (χ0) is 11.5. The molecule has 0 atom stereocenters. The van der Waals surface area contributed by atoms with Crippen molar-refractivity contribution in [1.29, 1.82) is 0 Å². The second-order valence-corrected chi connectivity index (χ2v) is 5.66. The molecule has 1 fully saturated rings. The molecule has 5 heteroatoms. The number of thiazole rings is 1. The molecule has 1 aliphatic heterocycles. The maximum Gasteiger partial charge on any atom is 0.108 e. The summed E-state index contributed by atoms with van der Waals surface area (Å²) in [6.45, 7) is 9.55. The van der Waals surface area contributed by atoms with E-state index < -0.39 is 0 Å². The number of aromatic nitrogens is 1. The number of nitrogens with zero attached hydrogens (tertiary/aromatic N) is 3. The SMILES string of the molecule is Cc1nc(CNN2CCN(C)CC2)sc1C. The molecule has 2 heterocycles. The van der Waals surface area contributed by atoms with E-state index >= 15 is 0 Å². The van der Waals surface area contributed by atoms with Crippen LogP contribution in [0.15, 0.2) is 0 Å². The van der Waals surface area contributed by atoms with Crippen molar-refractivity contribution in [1.82, 2.24) is 20.3 Å². The van der Waals surface area contributed by atoms with Crippen LogP contribution in [0.1, 0.15) is 15.6 Å². The van der Waals surface area contributed by atoms with Crippen molar-refractivity contribution in [3.8, 4) is 0 Å². The van der Waals surface area contributed by atoms with E-state index in [1.54, 1.807) is 11.3 Å². The third-order valence-electron chi connectivity index (χ3n) is 3.03. The molecule has 0 spiro atoms. The minimum atomic E-state index is 0.864. The van der Waals surface area contributed by atoms with E-state index in [1.807, 2.05) is 0 Å². The van der Waals surface area contributed by atoms with E-state index in [9.17, 15) is 0 Å². The minimum Gasteiger partial charge on any atom is -0.304 e. The van der Waals surface area contributed by atoms with Crippen LogP contribution in [0.2, 0.25) is 0 Å². The summed E-state index contributed by atoms with van der Waals surface area (Å²) in [4.78, 5) is 8.21. The third kappa shape index (κ3) is 3.01. The fraction of sp³-hybridized carbons (Fsp3) is 0.727. The van der Waals surface area contributed by atoms with Gasteiger partial charge in [-0.1, -0.05) is 0 Å². The van der Waals surface area contributed by atoms with Gasteiger partial charge in [0.15, 0.2) is 0 Å².